The Balaban J connectivity index is 3.48. The smallest absolute Gasteiger partial charge is 0.207 e. The van der Waals surface area contributed by atoms with Gasteiger partial charge in [-0.15, -0.1) is 0 Å². The first kappa shape index (κ1) is 35.4. The van der Waals surface area contributed by atoms with Crippen LogP contribution in [0.1, 0.15) is 168 Å². The third-order valence-electron chi connectivity index (χ3n) is 7.23. The summed E-state index contributed by atoms with van der Waals surface area (Å²) in [6.45, 7) is 7.25. The second-order valence-corrected chi connectivity index (χ2v) is 10.9. The number of carbonyl (C=O) groups is 1. The van der Waals surface area contributed by atoms with Gasteiger partial charge in [0.1, 0.15) is 0 Å². The number of hydrogen-bond acceptors (Lipinski definition) is 3. The van der Waals surface area contributed by atoms with Gasteiger partial charge in [-0.3, -0.25) is 4.79 Å². The zero-order chi connectivity index (χ0) is 26.2. The lowest BCUT2D eigenvalue weighted by atomic mass is 10.1. The summed E-state index contributed by atoms with van der Waals surface area (Å²) in [5.74, 6) is 0. The molecular weight excluding hydrogens is 446 g/mol. The van der Waals surface area contributed by atoms with Crippen LogP contribution in [0.4, 0.5) is 0 Å². The predicted molar refractivity (Wildman–Crippen MR) is 157 cm³/mol. The van der Waals surface area contributed by atoms with E-state index >= 15 is 0 Å². The SMILES string of the molecule is CCCCCCCCCCCCCCOCC(CNC=O)OCCCCCCCCCCCCCC. The van der Waals surface area contributed by atoms with Crippen LogP contribution < -0.4 is 5.32 Å². The molecule has 0 rings (SSSR count). The number of unbranched alkanes of at least 4 members (excludes halogenated alkanes) is 22. The molecule has 216 valence electrons. The fraction of sp³-hybridized carbons (Fsp3) is 0.969. The maximum absolute atomic E-state index is 10.7. The summed E-state index contributed by atoms with van der Waals surface area (Å²) in [4.78, 5) is 10.7. The molecule has 4 heteroatoms. The van der Waals surface area contributed by atoms with Gasteiger partial charge in [0.15, 0.2) is 0 Å². The van der Waals surface area contributed by atoms with Crippen LogP contribution >= 0.6 is 0 Å². The lowest BCUT2D eigenvalue weighted by Gasteiger charge is -2.17. The van der Waals surface area contributed by atoms with Crippen LogP contribution in [0.25, 0.3) is 0 Å². The van der Waals surface area contributed by atoms with E-state index in [0.717, 1.165) is 32.5 Å². The van der Waals surface area contributed by atoms with E-state index in [1.807, 2.05) is 0 Å². The van der Waals surface area contributed by atoms with Crippen molar-refractivity contribution in [3.63, 3.8) is 0 Å². The molecule has 1 amide bonds. The lowest BCUT2D eigenvalue weighted by Crippen LogP contribution is -2.32. The van der Waals surface area contributed by atoms with Gasteiger partial charge in [0.25, 0.3) is 0 Å². The Kier molecular flexibility index (Phi) is 31.9. The van der Waals surface area contributed by atoms with Crippen molar-refractivity contribution < 1.29 is 14.3 Å². The van der Waals surface area contributed by atoms with Gasteiger partial charge >= 0.3 is 0 Å². The first-order valence-corrected chi connectivity index (χ1v) is 16.2. The average Bonchev–Trinajstić information content (AvgIpc) is 2.89. The summed E-state index contributed by atoms with van der Waals surface area (Å²) in [5, 5.41) is 2.76. The van der Waals surface area contributed by atoms with Gasteiger partial charge in [0.05, 0.1) is 12.7 Å². The topological polar surface area (TPSA) is 47.6 Å². The lowest BCUT2D eigenvalue weighted by molar-refractivity contribution is -0.110. The summed E-state index contributed by atoms with van der Waals surface area (Å²) < 4.78 is 11.9. The molecule has 0 saturated carbocycles. The van der Waals surface area contributed by atoms with E-state index in [9.17, 15) is 4.79 Å². The molecule has 0 bridgehead atoms. The minimum absolute atomic E-state index is 0.0276. The van der Waals surface area contributed by atoms with Crippen LogP contribution in [-0.4, -0.2) is 38.9 Å². The summed E-state index contributed by atoms with van der Waals surface area (Å²) in [7, 11) is 0. The molecule has 0 fully saturated rings. The standard InChI is InChI=1S/C32H65NO3/c1-3-5-7-9-11-13-15-17-19-21-23-25-27-35-30-32(29-33-31-34)36-28-26-24-22-20-18-16-14-12-10-8-6-4-2/h31-32H,3-30H2,1-2H3,(H,33,34). The Morgan fingerprint density at radius 3 is 1.28 bits per heavy atom. The third-order valence-corrected chi connectivity index (χ3v) is 7.23. The molecule has 0 saturated heterocycles. The molecule has 1 atom stereocenters. The molecule has 0 aromatic rings. The monoisotopic (exact) mass is 511 g/mol. The summed E-state index contributed by atoms with van der Waals surface area (Å²) in [6.07, 6.45) is 33.3. The Bertz CT molecular complexity index is 405. The van der Waals surface area contributed by atoms with Crippen LogP contribution in [0.2, 0.25) is 0 Å². The van der Waals surface area contributed by atoms with E-state index in [0.29, 0.717) is 13.2 Å². The third kappa shape index (κ3) is 29.6. The molecule has 1 unspecified atom stereocenters. The molecule has 0 aromatic heterocycles. The quantitative estimate of drug-likeness (QED) is 0.0722. The Morgan fingerprint density at radius 1 is 0.528 bits per heavy atom. The van der Waals surface area contributed by atoms with Crippen LogP contribution in [-0.2, 0) is 14.3 Å². The molecule has 36 heavy (non-hydrogen) atoms. The average molecular weight is 512 g/mol. The zero-order valence-corrected chi connectivity index (χ0v) is 24.7. The van der Waals surface area contributed by atoms with Crippen molar-refractivity contribution in [1.29, 1.82) is 0 Å². The summed E-state index contributed by atoms with van der Waals surface area (Å²) in [6, 6.07) is 0. The number of carbonyl (C=O) groups excluding carboxylic acids is 1. The second-order valence-electron chi connectivity index (χ2n) is 10.9. The van der Waals surface area contributed by atoms with E-state index in [1.165, 1.54) is 141 Å². The highest BCUT2D eigenvalue weighted by Crippen LogP contribution is 2.13. The minimum atomic E-state index is -0.0276. The normalized spacial score (nSPS) is 12.2. The van der Waals surface area contributed by atoms with E-state index in [2.05, 4.69) is 19.2 Å². The van der Waals surface area contributed by atoms with Gasteiger partial charge in [-0.1, -0.05) is 155 Å². The van der Waals surface area contributed by atoms with E-state index in [4.69, 9.17) is 9.47 Å². The van der Waals surface area contributed by atoms with Gasteiger partial charge in [0.2, 0.25) is 6.41 Å². The maximum Gasteiger partial charge on any atom is 0.207 e. The van der Waals surface area contributed by atoms with Gasteiger partial charge in [-0.2, -0.15) is 0 Å². The van der Waals surface area contributed by atoms with Gasteiger partial charge in [-0.05, 0) is 12.8 Å². The highest BCUT2D eigenvalue weighted by molar-refractivity contribution is 5.45. The van der Waals surface area contributed by atoms with Crippen molar-refractivity contribution in [2.45, 2.75) is 174 Å². The summed E-state index contributed by atoms with van der Waals surface area (Å²) in [5.41, 5.74) is 0. The number of hydrogen-bond donors (Lipinski definition) is 1. The van der Waals surface area contributed by atoms with E-state index < -0.39 is 0 Å². The van der Waals surface area contributed by atoms with Gasteiger partial charge in [0, 0.05) is 19.8 Å². The molecule has 0 radical (unpaired) electrons. The number of ether oxygens (including phenoxy) is 2. The number of nitrogens with one attached hydrogen (secondary N) is 1. The Hall–Kier alpha value is -0.610. The molecule has 0 aliphatic carbocycles. The van der Waals surface area contributed by atoms with E-state index in [-0.39, 0.29) is 6.10 Å². The highest BCUT2D eigenvalue weighted by atomic mass is 16.5. The molecule has 0 aliphatic heterocycles. The molecule has 1 N–H and O–H groups in total. The fourth-order valence-electron chi connectivity index (χ4n) is 4.80. The van der Waals surface area contributed by atoms with Crippen molar-refractivity contribution in [1.82, 2.24) is 5.32 Å². The van der Waals surface area contributed by atoms with Crippen molar-refractivity contribution in [2.24, 2.45) is 0 Å². The fourth-order valence-corrected chi connectivity index (χ4v) is 4.80. The molecule has 0 spiro atoms. The van der Waals surface area contributed by atoms with Gasteiger partial charge in [-0.25, -0.2) is 0 Å². The highest BCUT2D eigenvalue weighted by Gasteiger charge is 2.09. The van der Waals surface area contributed by atoms with Crippen molar-refractivity contribution in [2.75, 3.05) is 26.4 Å². The molecule has 0 aliphatic rings. The zero-order valence-electron chi connectivity index (χ0n) is 24.7. The largest absolute Gasteiger partial charge is 0.379 e. The number of rotatable bonds is 32. The summed E-state index contributed by atoms with van der Waals surface area (Å²) >= 11 is 0. The van der Waals surface area contributed by atoms with Crippen molar-refractivity contribution in [3.05, 3.63) is 0 Å². The van der Waals surface area contributed by atoms with Crippen LogP contribution in [0.3, 0.4) is 0 Å². The predicted octanol–water partition coefficient (Wildman–Crippen LogP) is 9.54. The Labute approximate surface area is 226 Å². The maximum atomic E-state index is 10.7. The molecule has 4 nitrogen and oxygen atoms in total. The first-order valence-electron chi connectivity index (χ1n) is 16.2. The van der Waals surface area contributed by atoms with Crippen LogP contribution in [0.5, 0.6) is 0 Å². The second kappa shape index (κ2) is 32.4. The van der Waals surface area contributed by atoms with Gasteiger partial charge < -0.3 is 14.8 Å². The molecular formula is C32H65NO3. The molecule has 0 aromatic carbocycles. The molecule has 0 heterocycles. The van der Waals surface area contributed by atoms with Crippen molar-refractivity contribution >= 4 is 6.41 Å². The minimum Gasteiger partial charge on any atom is -0.379 e. The van der Waals surface area contributed by atoms with Crippen LogP contribution in [0.15, 0.2) is 0 Å². The first-order chi connectivity index (χ1) is 17.8. The number of amides is 1. The van der Waals surface area contributed by atoms with E-state index in [1.54, 1.807) is 0 Å². The van der Waals surface area contributed by atoms with Crippen molar-refractivity contribution in [3.8, 4) is 0 Å². The Morgan fingerprint density at radius 2 is 0.889 bits per heavy atom. The van der Waals surface area contributed by atoms with Crippen LogP contribution in [0, 0.1) is 0 Å².